The van der Waals surface area contributed by atoms with Crippen LogP contribution in [-0.2, 0) is 13.0 Å². The second-order valence-electron chi connectivity index (χ2n) is 5.80. The molecule has 0 atom stereocenters. The van der Waals surface area contributed by atoms with Crippen LogP contribution in [0, 0.1) is 0 Å². The summed E-state index contributed by atoms with van der Waals surface area (Å²) in [6.07, 6.45) is 2.49. The van der Waals surface area contributed by atoms with Gasteiger partial charge in [-0.15, -0.1) is 29.1 Å². The summed E-state index contributed by atoms with van der Waals surface area (Å²) in [4.78, 5) is 8.94. The Morgan fingerprint density at radius 3 is 2.71 bits per heavy atom. The highest BCUT2D eigenvalue weighted by Gasteiger charge is 2.08. The van der Waals surface area contributed by atoms with E-state index in [4.69, 9.17) is 9.15 Å². The highest BCUT2D eigenvalue weighted by molar-refractivity contribution is 14.0. The second kappa shape index (κ2) is 11.3. The van der Waals surface area contributed by atoms with E-state index in [1.165, 1.54) is 5.56 Å². The average Bonchev–Trinajstić information content (AvgIpc) is 3.38. The van der Waals surface area contributed by atoms with Gasteiger partial charge in [0.1, 0.15) is 18.1 Å². The molecule has 150 valence electrons. The van der Waals surface area contributed by atoms with E-state index in [0.29, 0.717) is 24.0 Å². The molecule has 8 nitrogen and oxygen atoms in total. The topological polar surface area (TPSA) is 100 Å². The first-order chi connectivity index (χ1) is 13.3. The summed E-state index contributed by atoms with van der Waals surface area (Å²) in [5, 5.41) is 13.6. The summed E-state index contributed by atoms with van der Waals surface area (Å²) < 4.78 is 10.5. The van der Waals surface area contributed by atoms with E-state index in [2.05, 4.69) is 42.9 Å². The molecule has 0 unspecified atom stereocenters. The Balaban J connectivity index is 0.00000280. The number of nitrogens with one attached hydrogen (secondary N) is 3. The quantitative estimate of drug-likeness (QED) is 0.252. The van der Waals surface area contributed by atoms with Crippen LogP contribution in [0.1, 0.15) is 18.3 Å². The van der Waals surface area contributed by atoms with Crippen molar-refractivity contribution in [1.82, 2.24) is 25.8 Å². The van der Waals surface area contributed by atoms with Gasteiger partial charge in [0.15, 0.2) is 11.7 Å². The molecule has 3 aromatic rings. The Kier molecular flexibility index (Phi) is 8.79. The van der Waals surface area contributed by atoms with Crippen LogP contribution in [0.3, 0.4) is 0 Å². The molecule has 0 aliphatic heterocycles. The van der Waals surface area contributed by atoms with Crippen molar-refractivity contribution in [1.29, 1.82) is 0 Å². The van der Waals surface area contributed by atoms with Crippen molar-refractivity contribution >= 4 is 29.9 Å². The van der Waals surface area contributed by atoms with Crippen molar-refractivity contribution in [2.24, 2.45) is 4.99 Å². The number of hydrogen-bond donors (Lipinski definition) is 3. The molecule has 0 bridgehead atoms. The van der Waals surface area contributed by atoms with Gasteiger partial charge in [0, 0.05) is 13.1 Å². The minimum atomic E-state index is 0. The second-order valence-corrected chi connectivity index (χ2v) is 5.80. The number of ether oxygens (including phenoxy) is 1. The van der Waals surface area contributed by atoms with Crippen molar-refractivity contribution in [2.45, 2.75) is 19.9 Å². The predicted molar refractivity (Wildman–Crippen MR) is 119 cm³/mol. The zero-order valence-corrected chi connectivity index (χ0v) is 18.3. The van der Waals surface area contributed by atoms with Gasteiger partial charge in [0.05, 0.1) is 13.4 Å². The largest absolute Gasteiger partial charge is 0.497 e. The SMILES string of the molecule is CCNC(=NCc1nc(-c2ccco2)n[nH]1)NCCc1ccc(OC)cc1.I. The first-order valence-corrected chi connectivity index (χ1v) is 8.88. The number of aromatic amines is 1. The summed E-state index contributed by atoms with van der Waals surface area (Å²) in [5.41, 5.74) is 1.23. The van der Waals surface area contributed by atoms with Gasteiger partial charge in [-0.1, -0.05) is 12.1 Å². The number of halogens is 1. The Morgan fingerprint density at radius 2 is 2.04 bits per heavy atom. The minimum Gasteiger partial charge on any atom is -0.497 e. The van der Waals surface area contributed by atoms with Gasteiger partial charge in [-0.2, -0.15) is 0 Å². The molecule has 28 heavy (non-hydrogen) atoms. The molecule has 3 N–H and O–H groups in total. The van der Waals surface area contributed by atoms with Crippen LogP contribution in [0.15, 0.2) is 52.1 Å². The van der Waals surface area contributed by atoms with E-state index in [1.807, 2.05) is 25.1 Å². The Bertz CT molecular complexity index is 846. The van der Waals surface area contributed by atoms with Gasteiger partial charge < -0.3 is 19.8 Å². The van der Waals surface area contributed by atoms with E-state index in [1.54, 1.807) is 19.4 Å². The Labute approximate surface area is 181 Å². The molecular weight excluding hydrogens is 471 g/mol. The van der Waals surface area contributed by atoms with Gasteiger partial charge in [-0.3, -0.25) is 5.10 Å². The maximum atomic E-state index is 5.29. The van der Waals surface area contributed by atoms with Crippen molar-refractivity contribution in [2.75, 3.05) is 20.2 Å². The lowest BCUT2D eigenvalue weighted by Crippen LogP contribution is -2.38. The van der Waals surface area contributed by atoms with Crippen molar-refractivity contribution in [3.63, 3.8) is 0 Å². The van der Waals surface area contributed by atoms with Crippen molar-refractivity contribution < 1.29 is 9.15 Å². The number of nitrogens with zero attached hydrogens (tertiary/aromatic N) is 3. The standard InChI is InChI=1S/C19H24N6O2.HI/c1-3-20-19(21-11-10-14-6-8-15(26-2)9-7-14)22-13-17-23-18(25-24-17)16-5-4-12-27-16;/h4-9,12H,3,10-11,13H2,1-2H3,(H2,20,21,22)(H,23,24,25);1H. The van der Waals surface area contributed by atoms with Crippen LogP contribution >= 0.6 is 24.0 Å². The molecule has 0 aliphatic carbocycles. The number of hydrogen-bond acceptors (Lipinski definition) is 5. The lowest BCUT2D eigenvalue weighted by molar-refractivity contribution is 0.414. The van der Waals surface area contributed by atoms with Crippen LogP contribution in [0.4, 0.5) is 0 Å². The van der Waals surface area contributed by atoms with Gasteiger partial charge >= 0.3 is 0 Å². The lowest BCUT2D eigenvalue weighted by atomic mass is 10.1. The zero-order chi connectivity index (χ0) is 18.9. The van der Waals surface area contributed by atoms with Gasteiger partial charge in [-0.25, -0.2) is 9.98 Å². The number of aliphatic imine (C=N–C) groups is 1. The molecule has 0 fully saturated rings. The number of H-pyrrole nitrogens is 1. The van der Waals surface area contributed by atoms with Crippen LogP contribution < -0.4 is 15.4 Å². The molecule has 1 aromatic carbocycles. The molecule has 0 saturated carbocycles. The fourth-order valence-corrected chi connectivity index (χ4v) is 2.50. The Morgan fingerprint density at radius 1 is 1.21 bits per heavy atom. The fourth-order valence-electron chi connectivity index (χ4n) is 2.50. The highest BCUT2D eigenvalue weighted by Crippen LogP contribution is 2.14. The number of aromatic nitrogens is 3. The number of benzene rings is 1. The Hall–Kier alpha value is -2.56. The van der Waals surface area contributed by atoms with Gasteiger partial charge in [0.25, 0.3) is 0 Å². The molecular formula is C19H25IN6O2. The molecule has 2 aromatic heterocycles. The molecule has 2 heterocycles. The van der Waals surface area contributed by atoms with Gasteiger partial charge in [0.2, 0.25) is 5.82 Å². The maximum absolute atomic E-state index is 5.29. The molecule has 0 radical (unpaired) electrons. The van der Waals surface area contributed by atoms with E-state index < -0.39 is 0 Å². The third kappa shape index (κ3) is 6.25. The number of guanidine groups is 1. The number of rotatable bonds is 8. The van der Waals surface area contributed by atoms with Crippen LogP contribution in [0.2, 0.25) is 0 Å². The first-order valence-electron chi connectivity index (χ1n) is 8.88. The third-order valence-corrected chi connectivity index (χ3v) is 3.87. The van der Waals surface area contributed by atoms with E-state index in [-0.39, 0.29) is 24.0 Å². The van der Waals surface area contributed by atoms with E-state index in [9.17, 15) is 0 Å². The molecule has 9 heteroatoms. The summed E-state index contributed by atoms with van der Waals surface area (Å²) in [7, 11) is 1.67. The molecule has 0 saturated heterocycles. The predicted octanol–water partition coefficient (Wildman–Crippen LogP) is 2.99. The van der Waals surface area contributed by atoms with E-state index >= 15 is 0 Å². The molecule has 3 rings (SSSR count). The van der Waals surface area contributed by atoms with Crippen LogP contribution in [0.5, 0.6) is 5.75 Å². The highest BCUT2D eigenvalue weighted by atomic mass is 127. The molecule has 0 aliphatic rings. The summed E-state index contributed by atoms with van der Waals surface area (Å²) in [5.74, 6) is 3.44. The molecule has 0 spiro atoms. The maximum Gasteiger partial charge on any atom is 0.216 e. The fraction of sp³-hybridized carbons (Fsp3) is 0.316. The van der Waals surface area contributed by atoms with Crippen molar-refractivity contribution in [3.05, 3.63) is 54.0 Å². The minimum absolute atomic E-state index is 0. The average molecular weight is 496 g/mol. The van der Waals surface area contributed by atoms with E-state index in [0.717, 1.165) is 31.2 Å². The zero-order valence-electron chi connectivity index (χ0n) is 15.9. The third-order valence-electron chi connectivity index (χ3n) is 3.87. The summed E-state index contributed by atoms with van der Waals surface area (Å²) >= 11 is 0. The van der Waals surface area contributed by atoms with Gasteiger partial charge in [-0.05, 0) is 43.2 Å². The monoisotopic (exact) mass is 496 g/mol. The summed E-state index contributed by atoms with van der Waals surface area (Å²) in [6.45, 7) is 3.98. The first kappa shape index (κ1) is 21.7. The van der Waals surface area contributed by atoms with Crippen molar-refractivity contribution in [3.8, 4) is 17.3 Å². The number of furan rings is 1. The summed E-state index contributed by atoms with van der Waals surface area (Å²) in [6, 6.07) is 11.7. The lowest BCUT2D eigenvalue weighted by Gasteiger charge is -2.11. The number of methoxy groups -OCH3 is 1. The molecule has 0 amide bonds. The normalized spacial score (nSPS) is 11.0. The smallest absolute Gasteiger partial charge is 0.216 e. The van der Waals surface area contributed by atoms with Crippen LogP contribution in [-0.4, -0.2) is 41.3 Å². The van der Waals surface area contributed by atoms with Crippen LogP contribution in [0.25, 0.3) is 11.6 Å².